The van der Waals surface area contributed by atoms with E-state index >= 15 is 0 Å². The average Bonchev–Trinajstić information content (AvgIpc) is 3.30. The first kappa shape index (κ1) is 18.5. The molecule has 0 bridgehead atoms. The highest BCUT2D eigenvalue weighted by Gasteiger charge is 2.53. The second kappa shape index (κ2) is 7.30. The summed E-state index contributed by atoms with van der Waals surface area (Å²) in [6, 6.07) is 9.03. The number of carbonyl (C=O) groups is 2. The van der Waals surface area contributed by atoms with Crippen molar-refractivity contribution in [1.29, 1.82) is 0 Å². The smallest absolute Gasteiger partial charge is 0.293 e. The molecule has 0 aliphatic carbocycles. The van der Waals surface area contributed by atoms with E-state index in [4.69, 9.17) is 9.26 Å². The number of amides is 2. The minimum absolute atomic E-state index is 0.0468. The molecule has 3 heterocycles. The number of methoxy groups -OCH3 is 1. The molecule has 1 aromatic heterocycles. The summed E-state index contributed by atoms with van der Waals surface area (Å²) in [5.74, 6) is 0.799. The van der Waals surface area contributed by atoms with Gasteiger partial charge in [-0.1, -0.05) is 23.7 Å². The van der Waals surface area contributed by atoms with Crippen LogP contribution in [-0.4, -0.2) is 40.6 Å². The van der Waals surface area contributed by atoms with Gasteiger partial charge in [-0.05, 0) is 43.9 Å². The number of rotatable bonds is 3. The lowest BCUT2D eigenvalue weighted by atomic mass is 9.85. The molecule has 1 aromatic carbocycles. The number of hydrogen-bond donors (Lipinski definition) is 1. The van der Waals surface area contributed by atoms with Crippen molar-refractivity contribution in [3.8, 4) is 5.75 Å². The minimum Gasteiger partial charge on any atom is -0.497 e. The molecule has 28 heavy (non-hydrogen) atoms. The first-order valence-corrected chi connectivity index (χ1v) is 9.70. The zero-order valence-electron chi connectivity index (χ0n) is 16.2. The molecule has 4 rings (SSSR count). The van der Waals surface area contributed by atoms with Crippen LogP contribution in [0.5, 0.6) is 5.75 Å². The Morgan fingerprint density at radius 1 is 1.36 bits per heavy atom. The van der Waals surface area contributed by atoms with Crippen LogP contribution in [0.25, 0.3) is 0 Å². The lowest BCUT2D eigenvalue weighted by Crippen LogP contribution is -2.56. The topological polar surface area (TPSA) is 84.7 Å². The molecular formula is C21H25N3O4. The van der Waals surface area contributed by atoms with Gasteiger partial charge in [-0.25, -0.2) is 0 Å². The van der Waals surface area contributed by atoms with Gasteiger partial charge in [0.1, 0.15) is 5.75 Å². The predicted molar refractivity (Wildman–Crippen MR) is 102 cm³/mol. The van der Waals surface area contributed by atoms with Crippen molar-refractivity contribution in [2.75, 3.05) is 7.11 Å². The normalized spacial score (nSPS) is 27.5. The fourth-order valence-corrected chi connectivity index (χ4v) is 4.62. The number of benzene rings is 1. The monoisotopic (exact) mass is 383 g/mol. The molecule has 1 N–H and O–H groups in total. The standard InChI is InChI=1S/C21H25N3O4/c1-21-13-16(14-6-5-7-15(12-14)27-2)24(20(26)17-10-11-22-28-17)18(21)8-3-4-9-19(25)23-21/h5-7,10-12,16,18H,3-4,8-9,13H2,1-2H3,(H,23,25)/t16-,18-,21-/m0/s1. The van der Waals surface area contributed by atoms with E-state index in [9.17, 15) is 9.59 Å². The summed E-state index contributed by atoms with van der Waals surface area (Å²) in [6.45, 7) is 2.04. The van der Waals surface area contributed by atoms with Gasteiger partial charge < -0.3 is 19.5 Å². The van der Waals surface area contributed by atoms with E-state index in [-0.39, 0.29) is 29.7 Å². The van der Waals surface area contributed by atoms with E-state index in [0.717, 1.165) is 30.6 Å². The van der Waals surface area contributed by atoms with Crippen molar-refractivity contribution in [3.63, 3.8) is 0 Å². The predicted octanol–water partition coefficient (Wildman–Crippen LogP) is 3.09. The van der Waals surface area contributed by atoms with Crippen molar-refractivity contribution in [1.82, 2.24) is 15.4 Å². The van der Waals surface area contributed by atoms with Crippen LogP contribution in [0.1, 0.15) is 61.2 Å². The molecule has 2 amide bonds. The van der Waals surface area contributed by atoms with Crippen LogP contribution in [0.15, 0.2) is 41.1 Å². The van der Waals surface area contributed by atoms with Gasteiger partial charge in [-0.15, -0.1) is 0 Å². The van der Waals surface area contributed by atoms with E-state index in [1.54, 1.807) is 13.2 Å². The molecule has 2 saturated heterocycles. The molecule has 7 nitrogen and oxygen atoms in total. The summed E-state index contributed by atoms with van der Waals surface area (Å²) in [5, 5.41) is 6.90. The molecule has 7 heteroatoms. The average molecular weight is 383 g/mol. The Labute approximate surface area is 164 Å². The zero-order chi connectivity index (χ0) is 19.7. The molecule has 0 unspecified atom stereocenters. The highest BCUT2D eigenvalue weighted by atomic mass is 16.5. The van der Waals surface area contributed by atoms with Gasteiger partial charge in [-0.2, -0.15) is 0 Å². The largest absolute Gasteiger partial charge is 0.497 e. The van der Waals surface area contributed by atoms with Gasteiger partial charge in [0.2, 0.25) is 11.7 Å². The molecule has 2 aliphatic heterocycles. The molecule has 0 saturated carbocycles. The van der Waals surface area contributed by atoms with Crippen LogP contribution in [0.3, 0.4) is 0 Å². The Balaban J connectivity index is 1.78. The van der Waals surface area contributed by atoms with Crippen LogP contribution < -0.4 is 10.1 Å². The number of ether oxygens (including phenoxy) is 1. The number of nitrogens with one attached hydrogen (secondary N) is 1. The third-order valence-corrected chi connectivity index (χ3v) is 5.94. The first-order chi connectivity index (χ1) is 13.5. The lowest BCUT2D eigenvalue weighted by molar-refractivity contribution is -0.123. The molecular weight excluding hydrogens is 358 g/mol. The van der Waals surface area contributed by atoms with Gasteiger partial charge in [0, 0.05) is 12.5 Å². The minimum atomic E-state index is -0.499. The van der Waals surface area contributed by atoms with Crippen LogP contribution in [0.4, 0.5) is 0 Å². The zero-order valence-corrected chi connectivity index (χ0v) is 16.2. The quantitative estimate of drug-likeness (QED) is 0.880. The van der Waals surface area contributed by atoms with Gasteiger partial charge in [0.15, 0.2) is 0 Å². The number of likely N-dealkylation sites (tertiary alicyclic amines) is 1. The maximum Gasteiger partial charge on any atom is 0.293 e. The van der Waals surface area contributed by atoms with Crippen LogP contribution in [0.2, 0.25) is 0 Å². The maximum atomic E-state index is 13.4. The number of aromatic nitrogens is 1. The Bertz CT molecular complexity index is 866. The number of fused-ring (bicyclic) bond motifs is 1. The van der Waals surface area contributed by atoms with Crippen molar-refractivity contribution >= 4 is 11.8 Å². The van der Waals surface area contributed by atoms with Crippen molar-refractivity contribution in [3.05, 3.63) is 47.9 Å². The SMILES string of the molecule is COc1cccc([C@@H]2C[C@]3(C)NC(=O)CCCC[C@@H]3N2C(=O)c2ccno2)c1. The molecule has 3 atom stereocenters. The number of carbonyl (C=O) groups excluding carboxylic acids is 2. The maximum absolute atomic E-state index is 13.4. The molecule has 2 fully saturated rings. The molecule has 2 aliphatic rings. The lowest BCUT2D eigenvalue weighted by Gasteiger charge is -2.37. The van der Waals surface area contributed by atoms with Gasteiger partial charge in [0.05, 0.1) is 30.9 Å². The molecule has 2 aromatic rings. The molecule has 0 radical (unpaired) electrons. The highest BCUT2D eigenvalue weighted by molar-refractivity contribution is 5.92. The molecule has 148 valence electrons. The van der Waals surface area contributed by atoms with E-state index in [1.807, 2.05) is 36.1 Å². The van der Waals surface area contributed by atoms with E-state index in [1.165, 1.54) is 6.20 Å². The fraction of sp³-hybridized carbons (Fsp3) is 0.476. The third kappa shape index (κ3) is 3.25. The van der Waals surface area contributed by atoms with Crippen molar-refractivity contribution in [2.45, 2.75) is 56.7 Å². The van der Waals surface area contributed by atoms with E-state index < -0.39 is 5.54 Å². The summed E-state index contributed by atoms with van der Waals surface area (Å²) >= 11 is 0. The Hall–Kier alpha value is -2.83. The van der Waals surface area contributed by atoms with Gasteiger partial charge in [-0.3, -0.25) is 9.59 Å². The van der Waals surface area contributed by atoms with Crippen molar-refractivity contribution < 1.29 is 18.8 Å². The van der Waals surface area contributed by atoms with Crippen LogP contribution in [-0.2, 0) is 4.79 Å². The fourth-order valence-electron chi connectivity index (χ4n) is 4.62. The second-order valence-corrected chi connectivity index (χ2v) is 7.81. The van der Waals surface area contributed by atoms with Crippen LogP contribution in [0, 0.1) is 0 Å². The molecule has 0 spiro atoms. The number of hydrogen-bond acceptors (Lipinski definition) is 5. The van der Waals surface area contributed by atoms with E-state index in [2.05, 4.69) is 10.5 Å². The van der Waals surface area contributed by atoms with Crippen LogP contribution >= 0.6 is 0 Å². The van der Waals surface area contributed by atoms with Crippen molar-refractivity contribution in [2.24, 2.45) is 0 Å². The summed E-state index contributed by atoms with van der Waals surface area (Å²) in [6.07, 6.45) is 5.20. The Morgan fingerprint density at radius 2 is 2.21 bits per heavy atom. The van der Waals surface area contributed by atoms with Gasteiger partial charge >= 0.3 is 0 Å². The third-order valence-electron chi connectivity index (χ3n) is 5.94. The highest BCUT2D eigenvalue weighted by Crippen LogP contribution is 2.46. The summed E-state index contributed by atoms with van der Waals surface area (Å²) in [7, 11) is 1.63. The Morgan fingerprint density at radius 3 is 2.96 bits per heavy atom. The van der Waals surface area contributed by atoms with E-state index in [0.29, 0.717) is 12.8 Å². The summed E-state index contributed by atoms with van der Waals surface area (Å²) < 4.78 is 10.6. The summed E-state index contributed by atoms with van der Waals surface area (Å²) in [5.41, 5.74) is 0.482. The second-order valence-electron chi connectivity index (χ2n) is 7.81. The first-order valence-electron chi connectivity index (χ1n) is 9.70. The number of nitrogens with zero attached hydrogens (tertiary/aromatic N) is 2. The van der Waals surface area contributed by atoms with Gasteiger partial charge in [0.25, 0.3) is 5.91 Å². The summed E-state index contributed by atoms with van der Waals surface area (Å²) in [4.78, 5) is 27.6. The Kier molecular flexibility index (Phi) is 4.83.